The number of likely N-dealkylation sites (tertiary alicyclic amines) is 1. The van der Waals surface area contributed by atoms with Crippen LogP contribution < -0.4 is 5.32 Å². The highest BCUT2D eigenvalue weighted by Gasteiger charge is 2.37. The van der Waals surface area contributed by atoms with Gasteiger partial charge in [0.2, 0.25) is 5.91 Å². The summed E-state index contributed by atoms with van der Waals surface area (Å²) in [6.45, 7) is 4.65. The fourth-order valence-corrected chi connectivity index (χ4v) is 4.49. The smallest absolute Gasteiger partial charge is 0.287 e. The van der Waals surface area contributed by atoms with E-state index >= 15 is 0 Å². The van der Waals surface area contributed by atoms with E-state index in [0.29, 0.717) is 30.3 Å². The van der Waals surface area contributed by atoms with Crippen molar-refractivity contribution in [2.45, 2.75) is 50.6 Å². The third kappa shape index (κ3) is 4.75. The van der Waals surface area contributed by atoms with E-state index in [0.717, 1.165) is 71.4 Å². The van der Waals surface area contributed by atoms with Crippen molar-refractivity contribution in [3.05, 3.63) is 24.2 Å². The van der Waals surface area contributed by atoms with Gasteiger partial charge in [-0.15, -0.1) is 0 Å². The zero-order chi connectivity index (χ0) is 19.3. The van der Waals surface area contributed by atoms with Gasteiger partial charge in [-0.05, 0) is 50.7 Å². The van der Waals surface area contributed by atoms with Crippen LogP contribution in [0.2, 0.25) is 0 Å². The van der Waals surface area contributed by atoms with Crippen molar-refractivity contribution < 1.29 is 18.7 Å². The molecule has 1 aromatic rings. The van der Waals surface area contributed by atoms with Crippen molar-refractivity contribution in [1.29, 1.82) is 0 Å². The number of furan rings is 1. The Bertz CT molecular complexity index is 653. The molecule has 1 atom stereocenters. The van der Waals surface area contributed by atoms with E-state index in [1.165, 1.54) is 6.26 Å². The molecule has 2 amide bonds. The van der Waals surface area contributed by atoms with Gasteiger partial charge in [-0.1, -0.05) is 0 Å². The first kappa shape index (κ1) is 19.5. The maximum Gasteiger partial charge on any atom is 0.287 e. The van der Waals surface area contributed by atoms with Crippen molar-refractivity contribution in [2.24, 2.45) is 5.92 Å². The highest BCUT2D eigenvalue weighted by atomic mass is 16.5. The predicted molar refractivity (Wildman–Crippen MR) is 104 cm³/mol. The van der Waals surface area contributed by atoms with Gasteiger partial charge in [-0.25, -0.2) is 0 Å². The van der Waals surface area contributed by atoms with E-state index in [1.54, 1.807) is 12.1 Å². The Labute approximate surface area is 166 Å². The van der Waals surface area contributed by atoms with Crippen molar-refractivity contribution in [2.75, 3.05) is 39.4 Å². The summed E-state index contributed by atoms with van der Waals surface area (Å²) >= 11 is 0. The van der Waals surface area contributed by atoms with Gasteiger partial charge in [0.1, 0.15) is 0 Å². The maximum atomic E-state index is 12.6. The van der Waals surface area contributed by atoms with Crippen LogP contribution in [0.4, 0.5) is 0 Å². The Kier molecular flexibility index (Phi) is 6.32. The quantitative estimate of drug-likeness (QED) is 0.771. The number of carbonyl (C=O) groups excluding carboxylic acids is 2. The lowest BCUT2D eigenvalue weighted by Crippen LogP contribution is -2.55. The van der Waals surface area contributed by atoms with E-state index in [4.69, 9.17) is 9.15 Å². The molecule has 3 fully saturated rings. The van der Waals surface area contributed by atoms with Crippen LogP contribution >= 0.6 is 0 Å². The van der Waals surface area contributed by atoms with Crippen LogP contribution in [0.25, 0.3) is 0 Å². The average molecular weight is 389 g/mol. The Morgan fingerprint density at radius 3 is 2.68 bits per heavy atom. The Balaban J connectivity index is 1.36. The molecular formula is C21H31N3O4. The molecule has 28 heavy (non-hydrogen) atoms. The molecule has 2 aliphatic heterocycles. The molecule has 1 aliphatic carbocycles. The number of piperidine rings is 1. The van der Waals surface area contributed by atoms with Crippen molar-refractivity contribution in [1.82, 2.24) is 15.1 Å². The second-order valence-corrected chi connectivity index (χ2v) is 8.17. The first-order chi connectivity index (χ1) is 13.7. The number of amides is 2. The third-order valence-electron chi connectivity index (χ3n) is 6.16. The first-order valence-corrected chi connectivity index (χ1v) is 10.7. The van der Waals surface area contributed by atoms with Crippen LogP contribution in [0, 0.1) is 5.92 Å². The lowest BCUT2D eigenvalue weighted by molar-refractivity contribution is -0.135. The van der Waals surface area contributed by atoms with E-state index in [2.05, 4.69) is 15.1 Å². The van der Waals surface area contributed by atoms with Crippen LogP contribution in [0.15, 0.2) is 22.8 Å². The van der Waals surface area contributed by atoms with Gasteiger partial charge in [0.05, 0.1) is 6.26 Å². The van der Waals surface area contributed by atoms with Gasteiger partial charge in [0.15, 0.2) is 5.76 Å². The predicted octanol–water partition coefficient (Wildman–Crippen LogP) is 1.89. The Hall–Kier alpha value is -1.86. The molecule has 1 aromatic heterocycles. The summed E-state index contributed by atoms with van der Waals surface area (Å²) in [6.07, 6.45) is 7.82. The van der Waals surface area contributed by atoms with Gasteiger partial charge in [0, 0.05) is 57.4 Å². The minimum Gasteiger partial charge on any atom is -0.459 e. The summed E-state index contributed by atoms with van der Waals surface area (Å²) in [5, 5.41) is 2.97. The number of nitrogens with one attached hydrogen (secondary N) is 1. The van der Waals surface area contributed by atoms with E-state index in [9.17, 15) is 9.59 Å². The molecule has 7 nitrogen and oxygen atoms in total. The van der Waals surface area contributed by atoms with Crippen LogP contribution in [-0.4, -0.2) is 73.1 Å². The van der Waals surface area contributed by atoms with Gasteiger partial charge >= 0.3 is 0 Å². The fraction of sp³-hybridized carbons (Fsp3) is 0.714. The minimum atomic E-state index is -0.175. The van der Waals surface area contributed by atoms with Gasteiger partial charge < -0.3 is 19.4 Å². The molecule has 0 spiro atoms. The molecule has 154 valence electrons. The van der Waals surface area contributed by atoms with Gasteiger partial charge in [-0.2, -0.15) is 0 Å². The second-order valence-electron chi connectivity index (χ2n) is 8.17. The van der Waals surface area contributed by atoms with Crippen LogP contribution in [0.1, 0.15) is 49.1 Å². The monoisotopic (exact) mass is 389 g/mol. The van der Waals surface area contributed by atoms with Crippen LogP contribution in [0.5, 0.6) is 0 Å². The van der Waals surface area contributed by atoms with E-state index < -0.39 is 0 Å². The molecule has 3 heterocycles. The average Bonchev–Trinajstić information content (AvgIpc) is 3.44. The number of ether oxygens (including phenoxy) is 1. The Morgan fingerprint density at radius 2 is 1.96 bits per heavy atom. The van der Waals surface area contributed by atoms with Gasteiger partial charge in [0.25, 0.3) is 5.91 Å². The Morgan fingerprint density at radius 1 is 1.14 bits per heavy atom. The number of rotatable bonds is 7. The number of hydrogen-bond acceptors (Lipinski definition) is 5. The molecule has 7 heteroatoms. The summed E-state index contributed by atoms with van der Waals surface area (Å²) in [6, 6.07) is 4.21. The van der Waals surface area contributed by atoms with Crippen molar-refractivity contribution in [3.63, 3.8) is 0 Å². The zero-order valence-corrected chi connectivity index (χ0v) is 16.5. The fourth-order valence-electron chi connectivity index (χ4n) is 4.49. The van der Waals surface area contributed by atoms with E-state index in [1.807, 2.05) is 0 Å². The summed E-state index contributed by atoms with van der Waals surface area (Å²) in [7, 11) is 0. The minimum absolute atomic E-state index is 0.175. The molecule has 3 aliphatic rings. The number of nitrogens with zero attached hydrogens (tertiary/aromatic N) is 2. The van der Waals surface area contributed by atoms with Gasteiger partial charge in [-0.3, -0.25) is 14.5 Å². The first-order valence-electron chi connectivity index (χ1n) is 10.7. The van der Waals surface area contributed by atoms with Crippen molar-refractivity contribution >= 4 is 11.8 Å². The second kappa shape index (κ2) is 9.09. The SMILES string of the molecule is O=C(NCCN(C1CCOCC1)C1CCCN(C(=O)C2CC2)C1)c1ccco1. The molecule has 0 bridgehead atoms. The molecule has 0 radical (unpaired) electrons. The molecule has 1 N–H and O–H groups in total. The lowest BCUT2D eigenvalue weighted by atomic mass is 9.98. The third-order valence-corrected chi connectivity index (χ3v) is 6.16. The molecule has 1 saturated carbocycles. The van der Waals surface area contributed by atoms with E-state index in [-0.39, 0.29) is 11.8 Å². The molecule has 4 rings (SSSR count). The molecule has 1 unspecified atom stereocenters. The number of carbonyl (C=O) groups is 2. The molecule has 2 saturated heterocycles. The summed E-state index contributed by atoms with van der Waals surface area (Å²) in [5.74, 6) is 0.799. The number of hydrogen-bond donors (Lipinski definition) is 1. The molecular weight excluding hydrogens is 358 g/mol. The van der Waals surface area contributed by atoms with Crippen LogP contribution in [0.3, 0.4) is 0 Å². The normalized spacial score (nSPS) is 23.8. The highest BCUT2D eigenvalue weighted by Crippen LogP contribution is 2.32. The summed E-state index contributed by atoms with van der Waals surface area (Å²) in [4.78, 5) is 29.3. The van der Waals surface area contributed by atoms with Crippen LogP contribution in [-0.2, 0) is 9.53 Å². The molecule has 0 aromatic carbocycles. The summed E-state index contributed by atoms with van der Waals surface area (Å²) in [5.41, 5.74) is 0. The largest absolute Gasteiger partial charge is 0.459 e. The highest BCUT2D eigenvalue weighted by molar-refractivity contribution is 5.91. The topological polar surface area (TPSA) is 75.0 Å². The van der Waals surface area contributed by atoms with Crippen molar-refractivity contribution in [3.8, 4) is 0 Å². The lowest BCUT2D eigenvalue weighted by Gasteiger charge is -2.44. The summed E-state index contributed by atoms with van der Waals surface area (Å²) < 4.78 is 10.7. The zero-order valence-electron chi connectivity index (χ0n) is 16.5. The standard InChI is InChI=1S/C21H31N3O4/c25-20(19-4-2-12-28-19)22-9-11-24(17-7-13-27-14-8-17)18-3-1-10-23(15-18)21(26)16-5-6-16/h2,4,12,16-18H,1,3,5-11,13-15H2,(H,22,25). The maximum absolute atomic E-state index is 12.6.